The van der Waals surface area contributed by atoms with Crippen molar-refractivity contribution in [1.29, 1.82) is 0 Å². The highest BCUT2D eigenvalue weighted by atomic mass is 35.5. The van der Waals surface area contributed by atoms with Gasteiger partial charge in [-0.3, -0.25) is 19.3 Å². The molecule has 2 aromatic rings. The third-order valence-electron chi connectivity index (χ3n) is 5.92. The third kappa shape index (κ3) is 4.53. The number of nitrogens with one attached hydrogen (secondary N) is 2. The smallest absolute Gasteiger partial charge is 0.401 e. The molecule has 0 radical (unpaired) electrons. The number of anilines is 2. The minimum absolute atomic E-state index is 0.0257. The fourth-order valence-corrected chi connectivity index (χ4v) is 5.85. The highest BCUT2D eigenvalue weighted by Gasteiger charge is 2.68. The summed E-state index contributed by atoms with van der Waals surface area (Å²) in [6.07, 6.45) is -4.83. The van der Waals surface area contributed by atoms with Crippen LogP contribution in [-0.2, 0) is 19.9 Å². The van der Waals surface area contributed by atoms with Crippen LogP contribution < -0.4 is 10.6 Å². The molecule has 14 heteroatoms. The molecule has 0 saturated carbocycles. The lowest BCUT2D eigenvalue weighted by Crippen LogP contribution is -2.55. The molecular formula is C21H14Cl4F3N3O4. The summed E-state index contributed by atoms with van der Waals surface area (Å²) in [5.74, 6) is -7.15. The van der Waals surface area contributed by atoms with E-state index in [4.69, 9.17) is 46.4 Å². The molecule has 2 aliphatic heterocycles. The topological polar surface area (TPSA) is 98.7 Å². The molecule has 35 heavy (non-hydrogen) atoms. The summed E-state index contributed by atoms with van der Waals surface area (Å²) in [5, 5.41) is 15.2. The highest BCUT2D eigenvalue weighted by molar-refractivity contribution is 6.38. The number of halogens is 7. The van der Waals surface area contributed by atoms with E-state index in [0.29, 0.717) is 4.90 Å². The van der Waals surface area contributed by atoms with Crippen molar-refractivity contribution in [1.82, 2.24) is 4.90 Å². The van der Waals surface area contributed by atoms with Crippen molar-refractivity contribution in [2.24, 2.45) is 11.8 Å². The van der Waals surface area contributed by atoms with Gasteiger partial charge in [0, 0.05) is 32.9 Å². The maximum absolute atomic E-state index is 13.6. The Morgan fingerprint density at radius 3 is 2.26 bits per heavy atom. The Morgan fingerprint density at radius 2 is 1.69 bits per heavy atom. The monoisotopic (exact) mass is 569 g/mol. The van der Waals surface area contributed by atoms with Crippen molar-refractivity contribution in [3.63, 3.8) is 0 Å². The van der Waals surface area contributed by atoms with Crippen LogP contribution in [0.4, 0.5) is 24.5 Å². The van der Waals surface area contributed by atoms with E-state index < -0.39 is 54.4 Å². The van der Waals surface area contributed by atoms with E-state index >= 15 is 0 Å². The number of amides is 2. The second-order valence-corrected chi connectivity index (χ2v) is 9.81. The molecule has 2 aliphatic rings. The fourth-order valence-electron chi connectivity index (χ4n) is 4.78. The maximum Gasteiger partial charge on any atom is 0.401 e. The minimum atomic E-state index is -4.83. The Balaban J connectivity index is 1.86. The molecule has 4 rings (SSSR count). The molecule has 2 aromatic carbocycles. The van der Waals surface area contributed by atoms with Gasteiger partial charge in [0.1, 0.15) is 11.5 Å². The third-order valence-corrected chi connectivity index (χ3v) is 6.87. The first-order valence-corrected chi connectivity index (χ1v) is 11.4. The lowest BCUT2D eigenvalue weighted by molar-refractivity contribution is -0.167. The molecule has 186 valence electrons. The second kappa shape index (κ2) is 9.01. The minimum Gasteiger partial charge on any atom is -0.481 e. The number of aliphatic carboxylic acids is 1. The maximum atomic E-state index is 13.6. The average molecular weight is 571 g/mol. The van der Waals surface area contributed by atoms with E-state index in [1.165, 1.54) is 30.3 Å². The first-order chi connectivity index (χ1) is 16.2. The number of benzene rings is 2. The number of carbonyl (C=O) groups excluding carboxylic acids is 2. The summed E-state index contributed by atoms with van der Waals surface area (Å²) in [4.78, 5) is 39.6. The zero-order valence-electron chi connectivity index (χ0n) is 17.2. The quantitative estimate of drug-likeness (QED) is 0.464. The van der Waals surface area contributed by atoms with Gasteiger partial charge in [-0.15, -0.1) is 0 Å². The Hall–Kier alpha value is -2.24. The first kappa shape index (κ1) is 25.8. The van der Waals surface area contributed by atoms with Gasteiger partial charge >= 0.3 is 12.1 Å². The van der Waals surface area contributed by atoms with Gasteiger partial charge in [-0.05, 0) is 30.3 Å². The molecule has 1 spiro atoms. The van der Waals surface area contributed by atoms with Crippen LogP contribution in [0.2, 0.25) is 20.1 Å². The Morgan fingerprint density at radius 1 is 1.09 bits per heavy atom. The van der Waals surface area contributed by atoms with E-state index in [1.54, 1.807) is 0 Å². The van der Waals surface area contributed by atoms with Gasteiger partial charge in [0.2, 0.25) is 5.91 Å². The van der Waals surface area contributed by atoms with Crippen molar-refractivity contribution in [2.45, 2.75) is 11.7 Å². The fraction of sp³-hybridized carbons (Fsp3) is 0.286. The number of likely N-dealkylation sites (tertiary alicyclic amines) is 1. The van der Waals surface area contributed by atoms with Crippen LogP contribution in [0.1, 0.15) is 5.56 Å². The lowest BCUT2D eigenvalue weighted by atomic mass is 9.75. The van der Waals surface area contributed by atoms with Crippen LogP contribution in [0.25, 0.3) is 0 Å². The molecule has 0 aromatic heterocycles. The van der Waals surface area contributed by atoms with Gasteiger partial charge in [-0.25, -0.2) is 0 Å². The molecule has 0 bridgehead atoms. The lowest BCUT2D eigenvalue weighted by Gasteiger charge is -2.36. The predicted octanol–water partition coefficient (Wildman–Crippen LogP) is 5.28. The Bertz CT molecular complexity index is 1240. The standard InChI is InChI=1S/C21H14Cl4F3N3O4/c22-8-1-9(23)3-11(2-8)29-17(32)12-6-31(7-20(26,27)28)21(15(12)18(33)34)13-4-10(24)5-14(25)16(13)30-19(21)35/h1-5,12,15H,6-7H2,(H,29,32)(H,30,35)(H,33,34)/t12?,15-,21?/m0/s1. The summed E-state index contributed by atoms with van der Waals surface area (Å²) in [6, 6.07) is 6.48. The van der Waals surface area contributed by atoms with E-state index in [-0.39, 0.29) is 37.0 Å². The van der Waals surface area contributed by atoms with Gasteiger partial charge in [0.15, 0.2) is 0 Å². The number of alkyl halides is 3. The van der Waals surface area contributed by atoms with Crippen molar-refractivity contribution in [2.75, 3.05) is 23.7 Å². The van der Waals surface area contributed by atoms with Gasteiger partial charge in [-0.1, -0.05) is 46.4 Å². The zero-order chi connectivity index (χ0) is 25.9. The predicted molar refractivity (Wildman–Crippen MR) is 124 cm³/mol. The number of nitrogens with zero attached hydrogens (tertiary/aromatic N) is 1. The van der Waals surface area contributed by atoms with Crippen molar-refractivity contribution in [3.8, 4) is 0 Å². The number of carbonyl (C=O) groups is 3. The molecule has 2 unspecified atom stereocenters. The van der Waals surface area contributed by atoms with E-state index in [1.807, 2.05) is 0 Å². The van der Waals surface area contributed by atoms with E-state index in [2.05, 4.69) is 10.6 Å². The normalized spacial score (nSPS) is 23.9. The average Bonchev–Trinajstić information content (AvgIpc) is 3.17. The van der Waals surface area contributed by atoms with Gasteiger partial charge in [0.25, 0.3) is 5.91 Å². The molecule has 7 nitrogen and oxygen atoms in total. The van der Waals surface area contributed by atoms with Crippen molar-refractivity contribution < 1.29 is 32.7 Å². The highest BCUT2D eigenvalue weighted by Crippen LogP contribution is 2.55. The Kier molecular flexibility index (Phi) is 6.65. The van der Waals surface area contributed by atoms with Crippen molar-refractivity contribution >= 4 is 75.6 Å². The first-order valence-electron chi connectivity index (χ1n) is 9.86. The van der Waals surface area contributed by atoms with Crippen LogP contribution in [0, 0.1) is 11.8 Å². The summed E-state index contributed by atoms with van der Waals surface area (Å²) >= 11 is 24.1. The van der Waals surface area contributed by atoms with Crippen LogP contribution >= 0.6 is 46.4 Å². The summed E-state index contributed by atoms with van der Waals surface area (Å²) in [5.41, 5.74) is -2.53. The zero-order valence-corrected chi connectivity index (χ0v) is 20.2. The summed E-state index contributed by atoms with van der Waals surface area (Å²) in [6.45, 7) is -2.37. The van der Waals surface area contributed by atoms with Crippen molar-refractivity contribution in [3.05, 3.63) is 56.0 Å². The molecule has 2 amide bonds. The molecule has 3 N–H and O–H groups in total. The van der Waals surface area contributed by atoms with E-state index in [9.17, 15) is 32.7 Å². The molecule has 2 heterocycles. The van der Waals surface area contributed by atoms with E-state index in [0.717, 1.165) is 0 Å². The Labute approximate surface area is 216 Å². The number of rotatable bonds is 4. The van der Waals surface area contributed by atoms with Crippen LogP contribution in [0.5, 0.6) is 0 Å². The SMILES string of the molecule is O=C(Nc1cc(Cl)cc(Cl)c1)C1CN(CC(F)(F)F)C2(C(=O)Nc3c(Cl)cc(Cl)cc32)[C@@H]1C(=O)O. The van der Waals surface area contributed by atoms with Crippen LogP contribution in [0.15, 0.2) is 30.3 Å². The number of carboxylic acids is 1. The summed E-state index contributed by atoms with van der Waals surface area (Å²) < 4.78 is 40.8. The van der Waals surface area contributed by atoms with Crippen LogP contribution in [-0.4, -0.2) is 47.1 Å². The number of hydrogen-bond acceptors (Lipinski definition) is 4. The largest absolute Gasteiger partial charge is 0.481 e. The molecule has 0 aliphatic carbocycles. The van der Waals surface area contributed by atoms with Gasteiger partial charge in [0.05, 0.1) is 23.2 Å². The van der Waals surface area contributed by atoms with Gasteiger partial charge < -0.3 is 15.7 Å². The summed E-state index contributed by atoms with van der Waals surface area (Å²) in [7, 11) is 0. The number of fused-ring (bicyclic) bond motifs is 2. The van der Waals surface area contributed by atoms with Crippen LogP contribution in [0.3, 0.4) is 0 Å². The second-order valence-electron chi connectivity index (χ2n) is 8.10. The molecule has 3 atom stereocenters. The molecular weight excluding hydrogens is 557 g/mol. The number of carboxylic acid groups (broad SMARTS) is 1. The molecule has 1 saturated heterocycles. The van der Waals surface area contributed by atoms with Gasteiger partial charge in [-0.2, -0.15) is 13.2 Å². The number of hydrogen-bond donors (Lipinski definition) is 3. The molecule has 1 fully saturated rings.